The Balaban J connectivity index is 1.77. The molecule has 3 heteroatoms. The minimum atomic E-state index is 0.335. The van der Waals surface area contributed by atoms with Crippen molar-refractivity contribution in [3.63, 3.8) is 0 Å². The van der Waals surface area contributed by atoms with Crippen LogP contribution in [0.25, 0.3) is 0 Å². The normalized spacial score (nSPS) is 19.9. The van der Waals surface area contributed by atoms with Crippen LogP contribution in [0.5, 0.6) is 5.75 Å². The Kier molecular flexibility index (Phi) is 4.61. The lowest BCUT2D eigenvalue weighted by Gasteiger charge is -2.33. The average molecular weight is 248 g/mol. The summed E-state index contributed by atoms with van der Waals surface area (Å²) < 4.78 is 0. The molecule has 1 aliphatic rings. The van der Waals surface area contributed by atoms with Gasteiger partial charge in [-0.25, -0.2) is 0 Å². The summed E-state index contributed by atoms with van der Waals surface area (Å²) in [5.74, 6) is 1.13. The second-order valence-electron chi connectivity index (χ2n) is 5.48. The molecule has 1 unspecified atom stereocenters. The van der Waals surface area contributed by atoms with Crippen LogP contribution in [0.2, 0.25) is 0 Å². The lowest BCUT2D eigenvalue weighted by molar-refractivity contribution is 0.189. The van der Waals surface area contributed by atoms with Gasteiger partial charge in [-0.15, -0.1) is 0 Å². The van der Waals surface area contributed by atoms with Crippen molar-refractivity contribution in [2.24, 2.45) is 5.92 Å². The van der Waals surface area contributed by atoms with Crippen LogP contribution in [0.1, 0.15) is 25.3 Å². The number of rotatable bonds is 4. The van der Waals surface area contributed by atoms with E-state index in [-0.39, 0.29) is 0 Å². The maximum atomic E-state index is 9.24. The van der Waals surface area contributed by atoms with E-state index in [9.17, 15) is 5.11 Å². The largest absolute Gasteiger partial charge is 0.508 e. The number of piperidine rings is 1. The first-order chi connectivity index (χ1) is 8.65. The molecule has 1 aliphatic heterocycles. The number of hydrogen-bond acceptors (Lipinski definition) is 3. The molecule has 0 spiro atoms. The molecule has 1 heterocycles. The number of phenolic OH excluding ortho intramolecular Hbond substituents is 1. The highest BCUT2D eigenvalue weighted by atomic mass is 16.3. The number of phenols is 1. The first-order valence-corrected chi connectivity index (χ1v) is 6.85. The zero-order valence-corrected chi connectivity index (χ0v) is 11.4. The van der Waals surface area contributed by atoms with Crippen LogP contribution in [0, 0.1) is 5.92 Å². The maximum absolute atomic E-state index is 9.24. The molecule has 0 aliphatic carbocycles. The first kappa shape index (κ1) is 13.4. The molecule has 1 saturated heterocycles. The van der Waals surface area contributed by atoms with Gasteiger partial charge >= 0.3 is 0 Å². The summed E-state index contributed by atoms with van der Waals surface area (Å²) in [4.78, 5) is 2.41. The van der Waals surface area contributed by atoms with E-state index in [0.717, 1.165) is 12.5 Å². The monoisotopic (exact) mass is 248 g/mol. The molecule has 18 heavy (non-hydrogen) atoms. The van der Waals surface area contributed by atoms with Crippen molar-refractivity contribution in [1.82, 2.24) is 10.2 Å². The Morgan fingerprint density at radius 1 is 1.28 bits per heavy atom. The van der Waals surface area contributed by atoms with E-state index in [0.29, 0.717) is 11.8 Å². The van der Waals surface area contributed by atoms with Crippen LogP contribution in [0.4, 0.5) is 0 Å². The number of benzene rings is 1. The molecular weight excluding hydrogens is 224 g/mol. The Labute approximate surface area is 110 Å². The molecule has 3 nitrogen and oxygen atoms in total. The highest BCUT2D eigenvalue weighted by Gasteiger charge is 2.21. The van der Waals surface area contributed by atoms with Crippen molar-refractivity contribution in [3.8, 4) is 5.75 Å². The van der Waals surface area contributed by atoms with E-state index < -0.39 is 0 Å². The topological polar surface area (TPSA) is 35.5 Å². The van der Waals surface area contributed by atoms with Gasteiger partial charge in [-0.3, -0.25) is 0 Å². The number of nitrogens with one attached hydrogen (secondary N) is 1. The summed E-state index contributed by atoms with van der Waals surface area (Å²) in [7, 11) is 2.20. The zero-order chi connectivity index (χ0) is 13.0. The SMILES string of the molecule is CC(NCc1ccc(O)cc1)C1CCN(C)CC1. The predicted molar refractivity (Wildman–Crippen MR) is 74.6 cm³/mol. The molecule has 100 valence electrons. The highest BCUT2D eigenvalue weighted by Crippen LogP contribution is 2.20. The van der Waals surface area contributed by atoms with Crippen molar-refractivity contribution < 1.29 is 5.11 Å². The minimum absolute atomic E-state index is 0.335. The van der Waals surface area contributed by atoms with Gasteiger partial charge < -0.3 is 15.3 Å². The molecule has 0 saturated carbocycles. The summed E-state index contributed by atoms with van der Waals surface area (Å²) in [6.45, 7) is 5.61. The maximum Gasteiger partial charge on any atom is 0.115 e. The van der Waals surface area contributed by atoms with Gasteiger partial charge in [0.1, 0.15) is 5.75 Å². The predicted octanol–water partition coefficient (Wildman–Crippen LogP) is 2.21. The third-order valence-corrected chi connectivity index (χ3v) is 4.03. The van der Waals surface area contributed by atoms with E-state index >= 15 is 0 Å². The van der Waals surface area contributed by atoms with Gasteiger partial charge in [-0.05, 0) is 63.5 Å². The lowest BCUT2D eigenvalue weighted by Crippen LogP contribution is -2.40. The standard InChI is InChI=1S/C15H24N2O/c1-12(14-7-9-17(2)10-8-14)16-11-13-3-5-15(18)6-4-13/h3-6,12,14,16,18H,7-11H2,1-2H3. The number of aromatic hydroxyl groups is 1. The highest BCUT2D eigenvalue weighted by molar-refractivity contribution is 5.25. The van der Waals surface area contributed by atoms with Gasteiger partial charge in [-0.1, -0.05) is 12.1 Å². The van der Waals surface area contributed by atoms with Crippen molar-refractivity contribution in [3.05, 3.63) is 29.8 Å². The van der Waals surface area contributed by atoms with Crippen LogP contribution >= 0.6 is 0 Å². The van der Waals surface area contributed by atoms with E-state index in [1.165, 1.54) is 31.5 Å². The smallest absolute Gasteiger partial charge is 0.115 e. The minimum Gasteiger partial charge on any atom is -0.508 e. The van der Waals surface area contributed by atoms with Gasteiger partial charge in [0.25, 0.3) is 0 Å². The van der Waals surface area contributed by atoms with Crippen LogP contribution in [0.15, 0.2) is 24.3 Å². The second kappa shape index (κ2) is 6.21. The van der Waals surface area contributed by atoms with Gasteiger partial charge in [0.05, 0.1) is 0 Å². The van der Waals surface area contributed by atoms with Crippen molar-refractivity contribution in [2.75, 3.05) is 20.1 Å². The molecule has 2 rings (SSSR count). The van der Waals surface area contributed by atoms with Crippen LogP contribution in [-0.2, 0) is 6.54 Å². The van der Waals surface area contributed by atoms with Gasteiger partial charge in [0, 0.05) is 12.6 Å². The zero-order valence-electron chi connectivity index (χ0n) is 11.4. The van der Waals surface area contributed by atoms with E-state index in [1.54, 1.807) is 12.1 Å². The Morgan fingerprint density at radius 2 is 1.89 bits per heavy atom. The molecule has 0 aromatic heterocycles. The van der Waals surface area contributed by atoms with E-state index in [4.69, 9.17) is 0 Å². The Hall–Kier alpha value is -1.06. The Bertz CT molecular complexity index is 355. The fraction of sp³-hybridized carbons (Fsp3) is 0.600. The van der Waals surface area contributed by atoms with E-state index in [2.05, 4.69) is 24.2 Å². The third kappa shape index (κ3) is 3.72. The average Bonchev–Trinajstić information content (AvgIpc) is 2.38. The number of likely N-dealkylation sites (tertiary alicyclic amines) is 1. The van der Waals surface area contributed by atoms with Crippen molar-refractivity contribution in [2.45, 2.75) is 32.4 Å². The van der Waals surface area contributed by atoms with Gasteiger partial charge in [0.2, 0.25) is 0 Å². The lowest BCUT2D eigenvalue weighted by atomic mass is 9.90. The molecular formula is C15H24N2O. The van der Waals surface area contributed by atoms with Gasteiger partial charge in [0.15, 0.2) is 0 Å². The van der Waals surface area contributed by atoms with Crippen molar-refractivity contribution in [1.29, 1.82) is 0 Å². The van der Waals surface area contributed by atoms with Crippen LogP contribution in [-0.4, -0.2) is 36.2 Å². The number of hydrogen-bond donors (Lipinski definition) is 2. The number of nitrogens with zero attached hydrogens (tertiary/aromatic N) is 1. The molecule has 0 bridgehead atoms. The second-order valence-corrected chi connectivity index (χ2v) is 5.48. The fourth-order valence-electron chi connectivity index (χ4n) is 2.59. The molecule has 0 amide bonds. The summed E-state index contributed by atoms with van der Waals surface area (Å²) in [5.41, 5.74) is 1.23. The molecule has 1 atom stereocenters. The van der Waals surface area contributed by atoms with Crippen LogP contribution in [0.3, 0.4) is 0 Å². The van der Waals surface area contributed by atoms with Crippen LogP contribution < -0.4 is 5.32 Å². The first-order valence-electron chi connectivity index (χ1n) is 6.85. The van der Waals surface area contributed by atoms with Crippen molar-refractivity contribution >= 4 is 0 Å². The quantitative estimate of drug-likeness (QED) is 0.857. The molecule has 1 fully saturated rings. The molecule has 2 N–H and O–H groups in total. The summed E-state index contributed by atoms with van der Waals surface area (Å²) in [6.07, 6.45) is 2.58. The third-order valence-electron chi connectivity index (χ3n) is 4.03. The van der Waals surface area contributed by atoms with Gasteiger partial charge in [-0.2, -0.15) is 0 Å². The molecule has 1 aromatic rings. The molecule has 1 aromatic carbocycles. The molecule has 0 radical (unpaired) electrons. The van der Waals surface area contributed by atoms with E-state index in [1.807, 2.05) is 12.1 Å². The fourth-order valence-corrected chi connectivity index (χ4v) is 2.59. The Morgan fingerprint density at radius 3 is 2.50 bits per heavy atom. The summed E-state index contributed by atoms with van der Waals surface area (Å²) >= 11 is 0. The summed E-state index contributed by atoms with van der Waals surface area (Å²) in [6, 6.07) is 8.01. The summed E-state index contributed by atoms with van der Waals surface area (Å²) in [5, 5.41) is 12.8.